The highest BCUT2D eigenvalue weighted by Gasteiger charge is 2.48. The van der Waals surface area contributed by atoms with Gasteiger partial charge in [-0.25, -0.2) is 13.1 Å². The van der Waals surface area contributed by atoms with Crippen molar-refractivity contribution in [1.29, 1.82) is 0 Å². The van der Waals surface area contributed by atoms with Crippen LogP contribution in [0.2, 0.25) is 0 Å². The van der Waals surface area contributed by atoms with Crippen LogP contribution < -0.4 is 4.72 Å². The number of carboxylic acid groups (broad SMARTS) is 1. The topological polar surface area (TPSA) is 104 Å². The zero-order chi connectivity index (χ0) is 19.8. The van der Waals surface area contributed by atoms with Gasteiger partial charge in [0.1, 0.15) is 0 Å². The van der Waals surface area contributed by atoms with Gasteiger partial charge in [0, 0.05) is 25.2 Å². The van der Waals surface area contributed by atoms with E-state index in [-0.39, 0.29) is 28.8 Å². The molecule has 1 aliphatic carbocycles. The first kappa shape index (κ1) is 19.8. The number of rotatable bonds is 7. The highest BCUT2D eigenvalue weighted by atomic mass is 32.2. The quantitative estimate of drug-likeness (QED) is 0.736. The molecule has 148 valence electrons. The van der Waals surface area contributed by atoms with Crippen molar-refractivity contribution < 1.29 is 23.1 Å². The molecule has 1 aromatic carbocycles. The highest BCUT2D eigenvalue weighted by molar-refractivity contribution is 7.89. The van der Waals surface area contributed by atoms with Crippen LogP contribution >= 0.6 is 0 Å². The van der Waals surface area contributed by atoms with E-state index in [4.69, 9.17) is 0 Å². The van der Waals surface area contributed by atoms with Gasteiger partial charge in [-0.15, -0.1) is 0 Å². The van der Waals surface area contributed by atoms with Crippen molar-refractivity contribution in [1.82, 2.24) is 9.62 Å². The fraction of sp³-hybridized carbons (Fsp3) is 0.579. The van der Waals surface area contributed by atoms with Gasteiger partial charge in [0.25, 0.3) is 5.91 Å². The normalized spacial score (nSPS) is 23.0. The van der Waals surface area contributed by atoms with Gasteiger partial charge in [0.05, 0.1) is 10.3 Å². The van der Waals surface area contributed by atoms with Gasteiger partial charge >= 0.3 is 5.97 Å². The van der Waals surface area contributed by atoms with Crippen molar-refractivity contribution in [3.8, 4) is 0 Å². The molecule has 0 spiro atoms. The van der Waals surface area contributed by atoms with E-state index in [2.05, 4.69) is 4.72 Å². The summed E-state index contributed by atoms with van der Waals surface area (Å²) in [4.78, 5) is 26.2. The number of benzene rings is 1. The van der Waals surface area contributed by atoms with Crippen LogP contribution in [-0.2, 0) is 14.8 Å². The Bertz CT molecular complexity index is 847. The number of amides is 1. The van der Waals surface area contributed by atoms with Crippen molar-refractivity contribution in [2.75, 3.05) is 19.6 Å². The molecule has 0 radical (unpaired) electrons. The van der Waals surface area contributed by atoms with Gasteiger partial charge < -0.3 is 10.0 Å². The Morgan fingerprint density at radius 1 is 1.33 bits per heavy atom. The van der Waals surface area contributed by atoms with Gasteiger partial charge in [-0.3, -0.25) is 9.59 Å². The lowest BCUT2D eigenvalue weighted by Crippen LogP contribution is -2.40. The average molecular weight is 394 g/mol. The number of sulfonamides is 1. The third-order valence-corrected chi connectivity index (χ3v) is 7.19. The van der Waals surface area contributed by atoms with Crippen LogP contribution in [0.25, 0.3) is 0 Å². The van der Waals surface area contributed by atoms with Gasteiger partial charge in [-0.1, -0.05) is 19.9 Å². The SMILES string of the molecule is CC(C)C1(C(=O)O)CCN(C(=O)c2cccc(S(=O)(=O)NCC3CC3)c2)C1. The number of hydrogen-bond acceptors (Lipinski definition) is 4. The second kappa shape index (κ2) is 7.24. The maximum Gasteiger partial charge on any atom is 0.311 e. The van der Waals surface area contributed by atoms with Gasteiger partial charge in [-0.05, 0) is 49.3 Å². The lowest BCUT2D eigenvalue weighted by Gasteiger charge is -2.28. The largest absolute Gasteiger partial charge is 0.481 e. The first-order valence-corrected chi connectivity index (χ1v) is 10.8. The summed E-state index contributed by atoms with van der Waals surface area (Å²) in [6, 6.07) is 5.94. The molecule has 0 aromatic heterocycles. The predicted molar refractivity (Wildman–Crippen MR) is 99.8 cm³/mol. The Kier molecular flexibility index (Phi) is 5.31. The predicted octanol–water partition coefficient (Wildman–Crippen LogP) is 1.95. The second-order valence-electron chi connectivity index (χ2n) is 7.92. The van der Waals surface area contributed by atoms with Crippen LogP contribution in [0.1, 0.15) is 43.5 Å². The van der Waals surface area contributed by atoms with Crippen LogP contribution in [0.3, 0.4) is 0 Å². The number of carbonyl (C=O) groups excluding carboxylic acids is 1. The van der Waals surface area contributed by atoms with E-state index in [0.29, 0.717) is 25.4 Å². The van der Waals surface area contributed by atoms with Crippen LogP contribution in [0, 0.1) is 17.3 Å². The second-order valence-corrected chi connectivity index (χ2v) is 9.68. The van der Waals surface area contributed by atoms with Gasteiger partial charge in [-0.2, -0.15) is 0 Å². The van der Waals surface area contributed by atoms with Crippen LogP contribution in [0.15, 0.2) is 29.2 Å². The summed E-state index contributed by atoms with van der Waals surface area (Å²) in [6.07, 6.45) is 2.47. The lowest BCUT2D eigenvalue weighted by molar-refractivity contribution is -0.150. The van der Waals surface area contributed by atoms with Crippen LogP contribution in [0.5, 0.6) is 0 Å². The number of aliphatic carboxylic acids is 1. The van der Waals surface area contributed by atoms with Gasteiger partial charge in [0.15, 0.2) is 0 Å². The molecule has 27 heavy (non-hydrogen) atoms. The summed E-state index contributed by atoms with van der Waals surface area (Å²) in [5, 5.41) is 9.64. The molecule has 1 aromatic rings. The Morgan fingerprint density at radius 2 is 2.04 bits per heavy atom. The summed E-state index contributed by atoms with van der Waals surface area (Å²) in [6.45, 7) is 4.60. The minimum absolute atomic E-state index is 0.0570. The third-order valence-electron chi connectivity index (χ3n) is 5.77. The van der Waals surface area contributed by atoms with Crippen molar-refractivity contribution in [2.45, 2.75) is 38.0 Å². The highest BCUT2D eigenvalue weighted by Crippen LogP contribution is 2.38. The van der Waals surface area contributed by atoms with E-state index < -0.39 is 21.4 Å². The number of carboxylic acids is 1. The molecule has 8 heteroatoms. The molecular formula is C19H26N2O5S. The standard InChI is InChI=1S/C19H26N2O5S/c1-13(2)19(18(23)24)8-9-21(12-19)17(22)15-4-3-5-16(10-15)27(25,26)20-11-14-6-7-14/h3-5,10,13-14,20H,6-9,11-12H2,1-2H3,(H,23,24). The van der Waals surface area contributed by atoms with Gasteiger partial charge in [0.2, 0.25) is 10.0 Å². The van der Waals surface area contributed by atoms with E-state index >= 15 is 0 Å². The maximum atomic E-state index is 12.9. The first-order chi connectivity index (χ1) is 12.7. The minimum Gasteiger partial charge on any atom is -0.481 e. The summed E-state index contributed by atoms with van der Waals surface area (Å²) in [5.41, 5.74) is -0.695. The summed E-state index contributed by atoms with van der Waals surface area (Å²) in [5.74, 6) is -0.924. The Morgan fingerprint density at radius 3 is 2.59 bits per heavy atom. The molecule has 1 heterocycles. The van der Waals surface area contributed by atoms with Crippen molar-refractivity contribution >= 4 is 21.9 Å². The molecule has 1 saturated carbocycles. The molecule has 1 atom stereocenters. The fourth-order valence-electron chi connectivity index (χ4n) is 3.51. The van der Waals surface area contributed by atoms with Crippen LogP contribution in [0.4, 0.5) is 0 Å². The van der Waals surface area contributed by atoms with E-state index in [1.807, 2.05) is 13.8 Å². The first-order valence-electron chi connectivity index (χ1n) is 9.28. The van der Waals surface area contributed by atoms with Crippen molar-refractivity contribution in [3.63, 3.8) is 0 Å². The molecule has 1 unspecified atom stereocenters. The Labute approximate surface area is 159 Å². The zero-order valence-corrected chi connectivity index (χ0v) is 16.5. The average Bonchev–Trinajstić information content (AvgIpc) is 3.35. The van der Waals surface area contributed by atoms with E-state index in [0.717, 1.165) is 12.8 Å². The Hall–Kier alpha value is -1.93. The number of likely N-dealkylation sites (tertiary alicyclic amines) is 1. The molecule has 1 saturated heterocycles. The maximum absolute atomic E-state index is 12.9. The molecule has 7 nitrogen and oxygen atoms in total. The third kappa shape index (κ3) is 4.01. The number of carbonyl (C=O) groups is 2. The van der Waals surface area contributed by atoms with E-state index in [1.54, 1.807) is 12.1 Å². The molecule has 1 amide bonds. The smallest absolute Gasteiger partial charge is 0.311 e. The number of hydrogen-bond donors (Lipinski definition) is 2. The lowest BCUT2D eigenvalue weighted by atomic mass is 9.76. The summed E-state index contributed by atoms with van der Waals surface area (Å²) in [7, 11) is -3.66. The monoisotopic (exact) mass is 394 g/mol. The van der Waals surface area contributed by atoms with Crippen LogP contribution in [-0.4, -0.2) is 49.9 Å². The van der Waals surface area contributed by atoms with Crippen molar-refractivity contribution in [3.05, 3.63) is 29.8 Å². The molecule has 1 aliphatic heterocycles. The molecule has 2 fully saturated rings. The Balaban J connectivity index is 1.77. The minimum atomic E-state index is -3.66. The zero-order valence-electron chi connectivity index (χ0n) is 15.6. The van der Waals surface area contributed by atoms with Crippen molar-refractivity contribution in [2.24, 2.45) is 17.3 Å². The molecule has 3 rings (SSSR count). The molecule has 0 bridgehead atoms. The molecule has 2 N–H and O–H groups in total. The molecular weight excluding hydrogens is 368 g/mol. The van der Waals surface area contributed by atoms with E-state index in [1.165, 1.54) is 17.0 Å². The van der Waals surface area contributed by atoms with E-state index in [9.17, 15) is 23.1 Å². The molecule has 2 aliphatic rings. The number of nitrogens with one attached hydrogen (secondary N) is 1. The summed E-state index contributed by atoms with van der Waals surface area (Å²) < 4.78 is 27.4. The summed E-state index contributed by atoms with van der Waals surface area (Å²) >= 11 is 0. The fourth-order valence-corrected chi connectivity index (χ4v) is 4.67. The number of nitrogens with zero attached hydrogens (tertiary/aromatic N) is 1.